The highest BCUT2D eigenvalue weighted by molar-refractivity contribution is 6.01. The summed E-state index contributed by atoms with van der Waals surface area (Å²) in [5.41, 5.74) is 0. The molecular formula is C10H15NO4. The van der Waals surface area contributed by atoms with Gasteiger partial charge in [0.05, 0.1) is 5.92 Å². The highest BCUT2D eigenvalue weighted by Crippen LogP contribution is 2.16. The first-order valence-corrected chi connectivity index (χ1v) is 5.01. The largest absolute Gasteiger partial charge is 0.336 e. The third-order valence-electron chi connectivity index (χ3n) is 2.56. The van der Waals surface area contributed by atoms with Crippen LogP contribution in [0.15, 0.2) is 0 Å². The van der Waals surface area contributed by atoms with Crippen molar-refractivity contribution in [3.63, 3.8) is 0 Å². The van der Waals surface area contributed by atoms with Crippen LogP contribution in [0.1, 0.15) is 33.6 Å². The average molecular weight is 213 g/mol. The Hall–Kier alpha value is -1.39. The summed E-state index contributed by atoms with van der Waals surface area (Å²) in [6, 6.07) is 0. The van der Waals surface area contributed by atoms with E-state index in [1.54, 1.807) is 6.92 Å². The predicted molar refractivity (Wildman–Crippen MR) is 51.2 cm³/mol. The fourth-order valence-electron chi connectivity index (χ4n) is 1.10. The first-order chi connectivity index (χ1) is 6.93. The lowest BCUT2D eigenvalue weighted by atomic mass is 9.99. The van der Waals surface area contributed by atoms with Crippen LogP contribution in [0.5, 0.6) is 0 Å². The van der Waals surface area contributed by atoms with Crippen molar-refractivity contribution in [2.75, 3.05) is 0 Å². The molecule has 2 amide bonds. The van der Waals surface area contributed by atoms with Crippen LogP contribution in [-0.2, 0) is 19.2 Å². The van der Waals surface area contributed by atoms with Crippen LogP contribution in [0, 0.1) is 11.8 Å². The molecule has 0 aromatic carbocycles. The van der Waals surface area contributed by atoms with E-state index in [4.69, 9.17) is 4.84 Å². The maximum Gasteiger partial charge on any atom is 0.336 e. The molecule has 1 saturated heterocycles. The number of carbonyl (C=O) groups excluding carboxylic acids is 3. The fraction of sp³-hybridized carbons (Fsp3) is 0.700. The molecule has 84 valence electrons. The summed E-state index contributed by atoms with van der Waals surface area (Å²) in [7, 11) is 0. The Morgan fingerprint density at radius 1 is 1.20 bits per heavy atom. The monoisotopic (exact) mass is 213 g/mol. The minimum atomic E-state index is -0.534. The van der Waals surface area contributed by atoms with Gasteiger partial charge in [0, 0.05) is 12.8 Å². The van der Waals surface area contributed by atoms with Gasteiger partial charge < -0.3 is 4.84 Å². The molecule has 1 rings (SSSR count). The van der Waals surface area contributed by atoms with Gasteiger partial charge in [0.1, 0.15) is 0 Å². The van der Waals surface area contributed by atoms with Gasteiger partial charge in [-0.1, -0.05) is 20.8 Å². The third kappa shape index (κ3) is 2.55. The van der Waals surface area contributed by atoms with Gasteiger partial charge in [-0.15, -0.1) is 5.06 Å². The summed E-state index contributed by atoms with van der Waals surface area (Å²) in [4.78, 5) is 38.5. The number of nitrogens with zero attached hydrogens (tertiary/aromatic N) is 1. The number of carbonyl (C=O) groups is 3. The molecule has 5 heteroatoms. The topological polar surface area (TPSA) is 63.7 Å². The lowest BCUT2D eigenvalue weighted by Gasteiger charge is -2.18. The molecular weight excluding hydrogens is 198 g/mol. The minimum Gasteiger partial charge on any atom is -0.330 e. The molecule has 1 aliphatic heterocycles. The first kappa shape index (κ1) is 11.7. The molecule has 1 heterocycles. The maximum atomic E-state index is 11.5. The van der Waals surface area contributed by atoms with Crippen molar-refractivity contribution in [1.82, 2.24) is 5.06 Å². The van der Waals surface area contributed by atoms with Gasteiger partial charge in [-0.05, 0) is 5.92 Å². The Morgan fingerprint density at radius 3 is 2.07 bits per heavy atom. The van der Waals surface area contributed by atoms with Gasteiger partial charge in [0.2, 0.25) is 0 Å². The maximum absolute atomic E-state index is 11.5. The van der Waals surface area contributed by atoms with Crippen LogP contribution >= 0.6 is 0 Å². The Kier molecular flexibility index (Phi) is 3.44. The Morgan fingerprint density at radius 2 is 1.67 bits per heavy atom. The van der Waals surface area contributed by atoms with Crippen LogP contribution < -0.4 is 0 Å². The molecule has 1 aliphatic rings. The van der Waals surface area contributed by atoms with Crippen LogP contribution in [0.4, 0.5) is 0 Å². The van der Waals surface area contributed by atoms with Crippen LogP contribution in [0.3, 0.4) is 0 Å². The average Bonchev–Trinajstić information content (AvgIpc) is 2.47. The van der Waals surface area contributed by atoms with E-state index in [9.17, 15) is 14.4 Å². The van der Waals surface area contributed by atoms with E-state index in [2.05, 4.69) is 0 Å². The summed E-state index contributed by atoms with van der Waals surface area (Å²) < 4.78 is 0. The molecule has 0 aliphatic carbocycles. The summed E-state index contributed by atoms with van der Waals surface area (Å²) in [6.45, 7) is 5.46. The van der Waals surface area contributed by atoms with E-state index in [1.807, 2.05) is 13.8 Å². The number of imide groups is 1. The highest BCUT2D eigenvalue weighted by atomic mass is 16.7. The molecule has 0 saturated carbocycles. The van der Waals surface area contributed by atoms with Crippen molar-refractivity contribution >= 4 is 17.8 Å². The SMILES string of the molecule is CC(C)[C@H](C)C(=O)ON1C(=O)CCC1=O. The molecule has 1 atom stereocenters. The third-order valence-corrected chi connectivity index (χ3v) is 2.56. The summed E-state index contributed by atoms with van der Waals surface area (Å²) in [5.74, 6) is -1.63. The second-order valence-electron chi connectivity index (χ2n) is 4.02. The van der Waals surface area contributed by atoms with Gasteiger partial charge in [-0.2, -0.15) is 0 Å². The zero-order valence-corrected chi connectivity index (χ0v) is 9.15. The summed E-state index contributed by atoms with van der Waals surface area (Å²) in [5, 5.41) is 0.585. The predicted octanol–water partition coefficient (Wildman–Crippen LogP) is 0.886. The standard InChI is InChI=1S/C10H15NO4/c1-6(2)7(3)10(14)15-11-8(12)4-5-9(11)13/h6-7H,4-5H2,1-3H3/t7-/m0/s1. The lowest BCUT2D eigenvalue weighted by molar-refractivity contribution is -0.201. The van der Waals surface area contributed by atoms with Crippen molar-refractivity contribution in [1.29, 1.82) is 0 Å². The van der Waals surface area contributed by atoms with Crippen molar-refractivity contribution in [2.24, 2.45) is 11.8 Å². The van der Waals surface area contributed by atoms with E-state index in [0.717, 1.165) is 0 Å². The smallest absolute Gasteiger partial charge is 0.330 e. The molecule has 0 bridgehead atoms. The second-order valence-corrected chi connectivity index (χ2v) is 4.02. The van der Waals surface area contributed by atoms with E-state index >= 15 is 0 Å². The van der Waals surface area contributed by atoms with Crippen LogP contribution in [-0.4, -0.2) is 22.8 Å². The number of amides is 2. The number of hydrogen-bond donors (Lipinski definition) is 0. The van der Waals surface area contributed by atoms with E-state index in [-0.39, 0.29) is 24.7 Å². The van der Waals surface area contributed by atoms with Crippen molar-refractivity contribution in [3.8, 4) is 0 Å². The molecule has 0 aromatic rings. The quantitative estimate of drug-likeness (QED) is 0.653. The second kappa shape index (κ2) is 4.42. The minimum absolute atomic E-state index is 0.116. The molecule has 5 nitrogen and oxygen atoms in total. The molecule has 0 radical (unpaired) electrons. The Bertz CT molecular complexity index is 282. The molecule has 1 fully saturated rings. The Labute approximate surface area is 88.3 Å². The van der Waals surface area contributed by atoms with Gasteiger partial charge in [-0.25, -0.2) is 4.79 Å². The zero-order valence-electron chi connectivity index (χ0n) is 9.15. The van der Waals surface area contributed by atoms with Gasteiger partial charge >= 0.3 is 5.97 Å². The lowest BCUT2D eigenvalue weighted by Crippen LogP contribution is -2.35. The van der Waals surface area contributed by atoms with E-state index < -0.39 is 17.8 Å². The van der Waals surface area contributed by atoms with Gasteiger partial charge in [0.15, 0.2) is 0 Å². The van der Waals surface area contributed by atoms with Crippen molar-refractivity contribution < 1.29 is 19.2 Å². The van der Waals surface area contributed by atoms with Gasteiger partial charge in [-0.3, -0.25) is 9.59 Å². The number of hydroxylamine groups is 2. The van der Waals surface area contributed by atoms with E-state index in [0.29, 0.717) is 5.06 Å². The van der Waals surface area contributed by atoms with E-state index in [1.165, 1.54) is 0 Å². The zero-order chi connectivity index (χ0) is 11.6. The Balaban J connectivity index is 2.58. The molecule has 0 unspecified atom stereocenters. The molecule has 15 heavy (non-hydrogen) atoms. The number of hydrogen-bond acceptors (Lipinski definition) is 4. The van der Waals surface area contributed by atoms with Crippen molar-refractivity contribution in [2.45, 2.75) is 33.6 Å². The van der Waals surface area contributed by atoms with Crippen molar-refractivity contribution in [3.05, 3.63) is 0 Å². The summed E-state index contributed by atoms with van der Waals surface area (Å²) in [6.07, 6.45) is 0.254. The van der Waals surface area contributed by atoms with Crippen LogP contribution in [0.2, 0.25) is 0 Å². The molecule has 0 spiro atoms. The molecule has 0 aromatic heterocycles. The normalized spacial score (nSPS) is 18.5. The number of rotatable bonds is 3. The van der Waals surface area contributed by atoms with Crippen LogP contribution in [0.25, 0.3) is 0 Å². The highest BCUT2D eigenvalue weighted by Gasteiger charge is 2.34. The van der Waals surface area contributed by atoms with Gasteiger partial charge in [0.25, 0.3) is 11.8 Å². The fourth-order valence-corrected chi connectivity index (χ4v) is 1.10. The molecule has 0 N–H and O–H groups in total. The first-order valence-electron chi connectivity index (χ1n) is 5.01. The summed E-state index contributed by atoms with van der Waals surface area (Å²) >= 11 is 0.